The molecule has 0 fully saturated rings. The fourth-order valence-corrected chi connectivity index (χ4v) is 2.79. The van der Waals surface area contributed by atoms with Gasteiger partial charge < -0.3 is 10.3 Å². The van der Waals surface area contributed by atoms with Crippen molar-refractivity contribution >= 4 is 11.0 Å². The molecule has 0 saturated carbocycles. The molecule has 5 heteroatoms. The molecule has 3 aromatic rings. The van der Waals surface area contributed by atoms with E-state index in [1.165, 1.54) is 0 Å². The van der Waals surface area contributed by atoms with Crippen molar-refractivity contribution in [1.82, 2.24) is 19.3 Å². The number of rotatable bonds is 3. The predicted octanol–water partition coefficient (Wildman–Crippen LogP) is 1.71. The Kier molecular flexibility index (Phi) is 3.06. The molecule has 2 heterocycles. The second-order valence-electron chi connectivity index (χ2n) is 5.14. The van der Waals surface area contributed by atoms with Gasteiger partial charge in [0, 0.05) is 20.6 Å². The minimum atomic E-state index is 0.0543. The van der Waals surface area contributed by atoms with E-state index in [2.05, 4.69) is 21.8 Å². The van der Waals surface area contributed by atoms with Crippen molar-refractivity contribution in [3.05, 3.63) is 47.5 Å². The highest BCUT2D eigenvalue weighted by molar-refractivity contribution is 5.76. The van der Waals surface area contributed by atoms with E-state index in [1.54, 1.807) is 0 Å². The van der Waals surface area contributed by atoms with E-state index >= 15 is 0 Å². The Morgan fingerprint density at radius 3 is 2.60 bits per heavy atom. The number of para-hydroxylation sites is 2. The number of fused-ring (bicyclic) bond motifs is 1. The third-order valence-electron chi connectivity index (χ3n) is 3.76. The van der Waals surface area contributed by atoms with Crippen LogP contribution in [0.4, 0.5) is 0 Å². The SMILES string of the molecule is Cc1cc(C(CN)c2nc3ccccc3n2C)n(C)n1. The van der Waals surface area contributed by atoms with Crippen LogP contribution in [0, 0.1) is 6.92 Å². The number of hydrogen-bond donors (Lipinski definition) is 1. The van der Waals surface area contributed by atoms with Gasteiger partial charge in [-0.3, -0.25) is 4.68 Å². The molecule has 0 spiro atoms. The van der Waals surface area contributed by atoms with Gasteiger partial charge in [0.05, 0.1) is 28.3 Å². The quantitative estimate of drug-likeness (QED) is 0.787. The van der Waals surface area contributed by atoms with Gasteiger partial charge in [-0.25, -0.2) is 4.98 Å². The molecule has 2 aromatic heterocycles. The van der Waals surface area contributed by atoms with Crippen molar-refractivity contribution in [2.75, 3.05) is 6.54 Å². The van der Waals surface area contributed by atoms with E-state index in [9.17, 15) is 0 Å². The maximum Gasteiger partial charge on any atom is 0.120 e. The highest BCUT2D eigenvalue weighted by Crippen LogP contribution is 2.26. The first-order chi connectivity index (χ1) is 9.61. The zero-order chi connectivity index (χ0) is 14.3. The first-order valence-corrected chi connectivity index (χ1v) is 6.73. The largest absolute Gasteiger partial charge is 0.331 e. The van der Waals surface area contributed by atoms with Gasteiger partial charge in [-0.05, 0) is 25.1 Å². The van der Waals surface area contributed by atoms with Crippen LogP contribution in [0.25, 0.3) is 11.0 Å². The summed E-state index contributed by atoms with van der Waals surface area (Å²) in [5.74, 6) is 1.04. The Balaban J connectivity index is 2.16. The molecule has 0 aliphatic heterocycles. The van der Waals surface area contributed by atoms with Crippen molar-refractivity contribution in [3.63, 3.8) is 0 Å². The molecule has 20 heavy (non-hydrogen) atoms. The zero-order valence-electron chi connectivity index (χ0n) is 12.0. The van der Waals surface area contributed by atoms with Crippen LogP contribution in [0.5, 0.6) is 0 Å². The molecule has 1 unspecified atom stereocenters. The van der Waals surface area contributed by atoms with Gasteiger partial charge in [-0.2, -0.15) is 5.10 Å². The van der Waals surface area contributed by atoms with Crippen LogP contribution >= 0.6 is 0 Å². The number of hydrogen-bond acceptors (Lipinski definition) is 3. The van der Waals surface area contributed by atoms with Crippen LogP contribution in [0.3, 0.4) is 0 Å². The van der Waals surface area contributed by atoms with Crippen molar-refractivity contribution in [2.24, 2.45) is 19.8 Å². The van der Waals surface area contributed by atoms with Crippen molar-refractivity contribution in [2.45, 2.75) is 12.8 Å². The van der Waals surface area contributed by atoms with Crippen LogP contribution in [-0.2, 0) is 14.1 Å². The van der Waals surface area contributed by atoms with Crippen molar-refractivity contribution < 1.29 is 0 Å². The van der Waals surface area contributed by atoms with Gasteiger partial charge in [0.2, 0.25) is 0 Å². The van der Waals surface area contributed by atoms with Crippen LogP contribution in [0.15, 0.2) is 30.3 Å². The Bertz CT molecular complexity index is 753. The Labute approximate surface area is 118 Å². The number of aromatic nitrogens is 4. The molecule has 104 valence electrons. The third kappa shape index (κ3) is 1.91. The second-order valence-corrected chi connectivity index (χ2v) is 5.14. The normalized spacial score (nSPS) is 13.0. The van der Waals surface area contributed by atoms with Crippen LogP contribution in [0.2, 0.25) is 0 Å². The summed E-state index contributed by atoms with van der Waals surface area (Å²) in [7, 11) is 3.99. The molecule has 5 nitrogen and oxygen atoms in total. The summed E-state index contributed by atoms with van der Waals surface area (Å²) in [6, 6.07) is 10.2. The molecule has 1 aromatic carbocycles. The maximum atomic E-state index is 6.01. The van der Waals surface area contributed by atoms with Gasteiger partial charge in [0.1, 0.15) is 5.82 Å². The lowest BCUT2D eigenvalue weighted by Gasteiger charge is -2.15. The molecule has 0 amide bonds. The van der Waals surface area contributed by atoms with Gasteiger partial charge in [-0.15, -0.1) is 0 Å². The number of nitrogens with zero attached hydrogens (tertiary/aromatic N) is 4. The third-order valence-corrected chi connectivity index (χ3v) is 3.76. The van der Waals surface area contributed by atoms with Gasteiger partial charge in [0.15, 0.2) is 0 Å². The first kappa shape index (κ1) is 12.9. The monoisotopic (exact) mass is 269 g/mol. The van der Waals surface area contributed by atoms with E-state index in [0.717, 1.165) is 28.2 Å². The number of imidazole rings is 1. The van der Waals surface area contributed by atoms with E-state index < -0.39 is 0 Å². The van der Waals surface area contributed by atoms with Crippen molar-refractivity contribution in [1.29, 1.82) is 0 Å². The molecule has 3 rings (SSSR count). The lowest BCUT2D eigenvalue weighted by molar-refractivity contribution is 0.624. The highest BCUT2D eigenvalue weighted by Gasteiger charge is 2.22. The number of nitrogens with two attached hydrogens (primary N) is 1. The predicted molar refractivity (Wildman–Crippen MR) is 79.6 cm³/mol. The minimum Gasteiger partial charge on any atom is -0.331 e. The highest BCUT2D eigenvalue weighted by atomic mass is 15.3. The molecule has 0 aliphatic carbocycles. The second kappa shape index (κ2) is 4.76. The lowest BCUT2D eigenvalue weighted by Crippen LogP contribution is -2.20. The van der Waals surface area contributed by atoms with Crippen molar-refractivity contribution in [3.8, 4) is 0 Å². The van der Waals surface area contributed by atoms with Gasteiger partial charge >= 0.3 is 0 Å². The molecule has 0 bridgehead atoms. The summed E-state index contributed by atoms with van der Waals surface area (Å²) in [4.78, 5) is 4.75. The number of benzene rings is 1. The Morgan fingerprint density at radius 2 is 2.00 bits per heavy atom. The smallest absolute Gasteiger partial charge is 0.120 e. The fraction of sp³-hybridized carbons (Fsp3) is 0.333. The summed E-state index contributed by atoms with van der Waals surface area (Å²) in [5.41, 5.74) is 10.2. The molecule has 1 atom stereocenters. The summed E-state index contributed by atoms with van der Waals surface area (Å²) in [6.45, 7) is 2.50. The van der Waals surface area contributed by atoms with Gasteiger partial charge in [0.25, 0.3) is 0 Å². The summed E-state index contributed by atoms with van der Waals surface area (Å²) in [6.07, 6.45) is 0. The maximum absolute atomic E-state index is 6.01. The number of aryl methyl sites for hydroxylation is 3. The Morgan fingerprint density at radius 1 is 1.25 bits per heavy atom. The molecule has 2 N–H and O–H groups in total. The molecular weight excluding hydrogens is 250 g/mol. The standard InChI is InChI=1S/C15H19N5/c1-10-8-14(20(3)18-10)11(9-16)15-17-12-6-4-5-7-13(12)19(15)2/h4-8,11H,9,16H2,1-3H3. The van der Waals surface area contributed by atoms with Crippen LogP contribution in [0.1, 0.15) is 23.1 Å². The molecule has 0 saturated heterocycles. The average Bonchev–Trinajstić information content (AvgIpc) is 2.93. The fourth-order valence-electron chi connectivity index (χ4n) is 2.79. The summed E-state index contributed by atoms with van der Waals surface area (Å²) in [5, 5.41) is 4.41. The Hall–Kier alpha value is -2.14. The minimum absolute atomic E-state index is 0.0543. The van der Waals surface area contributed by atoms with Crippen LogP contribution in [-0.4, -0.2) is 25.9 Å². The zero-order valence-corrected chi connectivity index (χ0v) is 12.0. The van der Waals surface area contributed by atoms with E-state index in [4.69, 9.17) is 10.7 Å². The van der Waals surface area contributed by atoms with E-state index in [-0.39, 0.29) is 5.92 Å². The van der Waals surface area contributed by atoms with E-state index in [1.807, 2.05) is 43.9 Å². The molecule has 0 aliphatic rings. The van der Waals surface area contributed by atoms with Gasteiger partial charge in [-0.1, -0.05) is 12.1 Å². The lowest BCUT2D eigenvalue weighted by atomic mass is 10.0. The summed E-state index contributed by atoms with van der Waals surface area (Å²) >= 11 is 0. The van der Waals surface area contributed by atoms with Crippen LogP contribution < -0.4 is 5.73 Å². The van der Waals surface area contributed by atoms with E-state index in [0.29, 0.717) is 6.54 Å². The molecular formula is C15H19N5. The topological polar surface area (TPSA) is 61.7 Å². The summed E-state index contributed by atoms with van der Waals surface area (Å²) < 4.78 is 4.02. The first-order valence-electron chi connectivity index (χ1n) is 6.73. The average molecular weight is 269 g/mol. The molecule has 0 radical (unpaired) electrons.